The molecular weight excluding hydrogens is 580 g/mol. The van der Waals surface area contributed by atoms with Crippen LogP contribution < -0.4 is 0 Å². The third-order valence-corrected chi connectivity index (χ3v) is 13.6. The number of hydrogen-bond acceptors (Lipinski definition) is 5. The van der Waals surface area contributed by atoms with Crippen LogP contribution in [0.2, 0.25) is 0 Å². The van der Waals surface area contributed by atoms with Crippen LogP contribution in [0.5, 0.6) is 0 Å². The maximum Gasteiger partial charge on any atom is 0.338 e. The Bertz CT molecular complexity index is 1310. The van der Waals surface area contributed by atoms with Crippen LogP contribution in [-0.2, 0) is 14.3 Å². The highest BCUT2D eigenvalue weighted by Crippen LogP contribution is 2.71. The van der Waals surface area contributed by atoms with Crippen molar-refractivity contribution in [2.75, 3.05) is 0 Å². The van der Waals surface area contributed by atoms with Crippen molar-refractivity contribution in [3.8, 4) is 0 Å². The SMILES string of the molecule is C[C@H](OC(=O)c1ccccc1)[C@@H]1CC[C@@H]2[C@@H]3CC[C@@H]4C[C@H](OC(=O)c5ccccc5)CC[C@]4(C)[C@@]3(Br)C(=O)C[C@@]21C. The number of carbonyl (C=O) groups is 3. The summed E-state index contributed by atoms with van der Waals surface area (Å²) in [5, 5.41) is 0. The molecule has 0 amide bonds. The molecule has 0 unspecified atom stereocenters. The van der Waals surface area contributed by atoms with Gasteiger partial charge < -0.3 is 9.47 Å². The second kappa shape index (κ2) is 10.7. The van der Waals surface area contributed by atoms with Gasteiger partial charge in [-0.3, -0.25) is 4.79 Å². The first-order valence-corrected chi connectivity index (χ1v) is 16.1. The summed E-state index contributed by atoms with van der Waals surface area (Å²) < 4.78 is 11.4. The molecule has 218 valence electrons. The molecule has 5 nitrogen and oxygen atoms in total. The molecule has 0 bridgehead atoms. The molecule has 0 heterocycles. The van der Waals surface area contributed by atoms with Crippen molar-refractivity contribution in [3.63, 3.8) is 0 Å². The number of benzene rings is 2. The van der Waals surface area contributed by atoms with Gasteiger partial charge in [-0.15, -0.1) is 0 Å². The zero-order chi connectivity index (χ0) is 29.0. The molecule has 4 aliphatic rings. The largest absolute Gasteiger partial charge is 0.459 e. The Morgan fingerprint density at radius 3 is 2.12 bits per heavy atom. The molecule has 0 radical (unpaired) electrons. The number of rotatable bonds is 5. The lowest BCUT2D eigenvalue weighted by Gasteiger charge is -2.64. The quantitative estimate of drug-likeness (QED) is 0.252. The fourth-order valence-electron chi connectivity index (χ4n) is 9.54. The first-order chi connectivity index (χ1) is 19.6. The van der Waals surface area contributed by atoms with E-state index in [2.05, 4.69) is 29.8 Å². The first kappa shape index (κ1) is 28.6. The fourth-order valence-corrected chi connectivity index (χ4v) is 10.7. The summed E-state index contributed by atoms with van der Waals surface area (Å²) in [4.78, 5) is 40.0. The number of hydrogen-bond donors (Lipinski definition) is 0. The van der Waals surface area contributed by atoms with E-state index in [1.807, 2.05) is 43.3 Å². The van der Waals surface area contributed by atoms with Gasteiger partial charge in [0.1, 0.15) is 12.2 Å². The lowest BCUT2D eigenvalue weighted by atomic mass is 9.44. The van der Waals surface area contributed by atoms with Crippen LogP contribution in [-0.4, -0.2) is 34.3 Å². The van der Waals surface area contributed by atoms with Gasteiger partial charge in [0.15, 0.2) is 5.78 Å². The number of alkyl halides is 1. The summed E-state index contributed by atoms with van der Waals surface area (Å²) in [6, 6.07) is 18.4. The van der Waals surface area contributed by atoms with E-state index in [1.165, 1.54) is 0 Å². The zero-order valence-electron chi connectivity index (χ0n) is 24.3. The van der Waals surface area contributed by atoms with Crippen LogP contribution in [0.25, 0.3) is 0 Å². The van der Waals surface area contributed by atoms with Crippen molar-refractivity contribution in [3.05, 3.63) is 71.8 Å². The Hall–Kier alpha value is -2.47. The van der Waals surface area contributed by atoms with Crippen LogP contribution in [0.1, 0.15) is 92.9 Å². The van der Waals surface area contributed by atoms with Gasteiger partial charge >= 0.3 is 11.9 Å². The average molecular weight is 622 g/mol. The fraction of sp³-hybridized carbons (Fsp3) is 0.571. The second-order valence-electron chi connectivity index (χ2n) is 13.6. The minimum absolute atomic E-state index is 0.117. The number of fused-ring (bicyclic) bond motifs is 5. The molecule has 2 aromatic carbocycles. The van der Waals surface area contributed by atoms with Crippen LogP contribution in [0.4, 0.5) is 0 Å². The normalized spacial score (nSPS) is 38.6. The Kier molecular flexibility index (Phi) is 7.45. The maximum absolute atomic E-state index is 14.4. The molecular formula is C35H41BrO5. The van der Waals surface area contributed by atoms with E-state index in [-0.39, 0.29) is 46.8 Å². The van der Waals surface area contributed by atoms with Crippen LogP contribution in [0.3, 0.4) is 0 Å². The van der Waals surface area contributed by atoms with E-state index in [1.54, 1.807) is 24.3 Å². The Balaban J connectivity index is 1.18. The molecule has 6 heteroatoms. The third-order valence-electron chi connectivity index (χ3n) is 11.7. The molecule has 2 aromatic rings. The lowest BCUT2D eigenvalue weighted by Crippen LogP contribution is -2.67. The highest BCUT2D eigenvalue weighted by atomic mass is 79.9. The summed E-state index contributed by atoms with van der Waals surface area (Å²) in [5.74, 6) is 0.873. The summed E-state index contributed by atoms with van der Waals surface area (Å²) >= 11 is 4.19. The van der Waals surface area contributed by atoms with Crippen molar-refractivity contribution in [2.24, 2.45) is 34.5 Å². The van der Waals surface area contributed by atoms with Crippen molar-refractivity contribution in [1.29, 1.82) is 0 Å². The summed E-state index contributed by atoms with van der Waals surface area (Å²) in [6.07, 6.45) is 6.62. The lowest BCUT2D eigenvalue weighted by molar-refractivity contribution is -0.154. The third kappa shape index (κ3) is 4.60. The number of ketones is 1. The van der Waals surface area contributed by atoms with Gasteiger partial charge in [-0.05, 0) is 105 Å². The molecule has 0 saturated heterocycles. The molecule has 9 atom stereocenters. The van der Waals surface area contributed by atoms with Crippen LogP contribution >= 0.6 is 15.9 Å². The van der Waals surface area contributed by atoms with Crippen molar-refractivity contribution >= 4 is 33.7 Å². The van der Waals surface area contributed by atoms with Crippen LogP contribution in [0, 0.1) is 34.5 Å². The van der Waals surface area contributed by atoms with Gasteiger partial charge in [0.2, 0.25) is 0 Å². The molecule has 4 aliphatic carbocycles. The molecule has 4 fully saturated rings. The number of esters is 2. The summed E-state index contributed by atoms with van der Waals surface area (Å²) in [6.45, 7) is 6.60. The van der Waals surface area contributed by atoms with Gasteiger partial charge in [-0.1, -0.05) is 66.2 Å². The topological polar surface area (TPSA) is 69.7 Å². The molecule has 4 saturated carbocycles. The standard InChI is InChI=1S/C35H41BrO5/c1-22(40-31(38)23-10-6-4-7-11-23)27-16-17-28-29-15-14-25-20-26(41-32(39)24-12-8-5-9-13-24)18-19-34(25,3)35(29,36)30(37)21-33(27,28)2/h4-13,22,25-29H,14-21H2,1-3H3/t22-,25+,26+,27-,28+,29-,33+,34-,35-/m0/s1. The van der Waals surface area contributed by atoms with Crippen molar-refractivity contribution in [2.45, 2.75) is 88.7 Å². The average Bonchev–Trinajstić information content (AvgIpc) is 3.31. The smallest absolute Gasteiger partial charge is 0.338 e. The molecule has 0 aliphatic heterocycles. The molecule has 0 spiro atoms. The van der Waals surface area contributed by atoms with E-state index in [0.717, 1.165) is 44.9 Å². The highest BCUT2D eigenvalue weighted by Gasteiger charge is 2.70. The summed E-state index contributed by atoms with van der Waals surface area (Å²) in [7, 11) is 0. The second-order valence-corrected chi connectivity index (χ2v) is 14.8. The maximum atomic E-state index is 14.4. The van der Waals surface area contributed by atoms with Gasteiger partial charge in [0.25, 0.3) is 0 Å². The number of carbonyl (C=O) groups excluding carboxylic acids is 3. The molecule has 41 heavy (non-hydrogen) atoms. The predicted molar refractivity (Wildman–Crippen MR) is 161 cm³/mol. The van der Waals surface area contributed by atoms with Gasteiger partial charge in [-0.25, -0.2) is 9.59 Å². The summed E-state index contributed by atoms with van der Waals surface area (Å²) in [5.41, 5.74) is 0.770. The predicted octanol–water partition coefficient (Wildman–Crippen LogP) is 7.81. The van der Waals surface area contributed by atoms with Crippen molar-refractivity contribution < 1.29 is 23.9 Å². The minimum atomic E-state index is -0.569. The zero-order valence-corrected chi connectivity index (χ0v) is 25.9. The van der Waals surface area contributed by atoms with Gasteiger partial charge in [0.05, 0.1) is 15.5 Å². The van der Waals surface area contributed by atoms with E-state index in [9.17, 15) is 14.4 Å². The van der Waals surface area contributed by atoms with Crippen molar-refractivity contribution in [1.82, 2.24) is 0 Å². The first-order valence-electron chi connectivity index (χ1n) is 15.3. The van der Waals surface area contributed by atoms with E-state index in [4.69, 9.17) is 9.47 Å². The van der Waals surface area contributed by atoms with Gasteiger partial charge in [-0.2, -0.15) is 0 Å². The monoisotopic (exact) mass is 620 g/mol. The number of halogens is 1. The molecule has 0 aromatic heterocycles. The molecule has 6 rings (SSSR count). The van der Waals surface area contributed by atoms with Crippen LogP contribution in [0.15, 0.2) is 60.7 Å². The van der Waals surface area contributed by atoms with Gasteiger partial charge in [0, 0.05) is 12.3 Å². The van der Waals surface area contributed by atoms with E-state index < -0.39 is 4.32 Å². The minimum Gasteiger partial charge on any atom is -0.459 e. The van der Waals surface area contributed by atoms with E-state index >= 15 is 0 Å². The number of ether oxygens (including phenoxy) is 2. The highest BCUT2D eigenvalue weighted by molar-refractivity contribution is 9.10. The Morgan fingerprint density at radius 2 is 1.46 bits per heavy atom. The Morgan fingerprint density at radius 1 is 0.854 bits per heavy atom. The van der Waals surface area contributed by atoms with E-state index in [0.29, 0.717) is 35.2 Å². The number of Topliss-reactive ketones (excluding diaryl/α,β-unsaturated/α-hetero) is 1. The Labute approximate surface area is 251 Å². The molecule has 0 N–H and O–H groups in total.